The highest BCUT2D eigenvalue weighted by Crippen LogP contribution is 2.16. The van der Waals surface area contributed by atoms with Gasteiger partial charge in [-0.15, -0.1) is 12.4 Å². The van der Waals surface area contributed by atoms with Crippen LogP contribution in [-0.2, 0) is 4.79 Å². The first kappa shape index (κ1) is 19.8. The molecule has 0 aliphatic rings. The first-order chi connectivity index (χ1) is 11.2. The third-order valence-corrected chi connectivity index (χ3v) is 3.39. The molecule has 6 heteroatoms. The summed E-state index contributed by atoms with van der Waals surface area (Å²) in [6.07, 6.45) is 0.256. The molecule has 0 aliphatic carbocycles. The SMILES string of the molecule is COc1ccc(OCCNC(=O)CC(N)c2ccccc2)cc1.Cl. The van der Waals surface area contributed by atoms with E-state index in [1.165, 1.54) is 0 Å². The van der Waals surface area contributed by atoms with Crippen molar-refractivity contribution in [2.45, 2.75) is 12.5 Å². The van der Waals surface area contributed by atoms with Gasteiger partial charge < -0.3 is 20.5 Å². The average molecular weight is 351 g/mol. The van der Waals surface area contributed by atoms with Crippen molar-refractivity contribution in [1.82, 2.24) is 5.32 Å². The summed E-state index contributed by atoms with van der Waals surface area (Å²) in [6.45, 7) is 0.838. The maximum Gasteiger partial charge on any atom is 0.222 e. The van der Waals surface area contributed by atoms with E-state index in [2.05, 4.69) is 5.32 Å². The van der Waals surface area contributed by atoms with Crippen molar-refractivity contribution in [2.24, 2.45) is 5.73 Å². The Kier molecular flexibility index (Phi) is 8.68. The number of rotatable bonds is 8. The first-order valence-electron chi connectivity index (χ1n) is 7.53. The van der Waals surface area contributed by atoms with E-state index in [4.69, 9.17) is 15.2 Å². The van der Waals surface area contributed by atoms with E-state index >= 15 is 0 Å². The van der Waals surface area contributed by atoms with E-state index < -0.39 is 0 Å². The number of halogens is 1. The molecule has 0 heterocycles. The van der Waals surface area contributed by atoms with Crippen LogP contribution in [0.2, 0.25) is 0 Å². The van der Waals surface area contributed by atoms with E-state index in [-0.39, 0.29) is 30.8 Å². The van der Waals surface area contributed by atoms with Crippen LogP contribution in [0.25, 0.3) is 0 Å². The Bertz CT molecular complexity index is 605. The van der Waals surface area contributed by atoms with Crippen molar-refractivity contribution < 1.29 is 14.3 Å². The van der Waals surface area contributed by atoms with Gasteiger partial charge in [-0.1, -0.05) is 30.3 Å². The van der Waals surface area contributed by atoms with Gasteiger partial charge in [0.1, 0.15) is 18.1 Å². The lowest BCUT2D eigenvalue weighted by Crippen LogP contribution is -2.30. The van der Waals surface area contributed by atoms with Crippen LogP contribution in [0.1, 0.15) is 18.0 Å². The maximum absolute atomic E-state index is 11.9. The van der Waals surface area contributed by atoms with Gasteiger partial charge in [-0.3, -0.25) is 4.79 Å². The number of methoxy groups -OCH3 is 1. The zero-order valence-electron chi connectivity index (χ0n) is 13.6. The summed E-state index contributed by atoms with van der Waals surface area (Å²) in [6, 6.07) is 16.6. The van der Waals surface area contributed by atoms with Gasteiger partial charge in [0.25, 0.3) is 0 Å². The van der Waals surface area contributed by atoms with Crippen LogP contribution in [0.4, 0.5) is 0 Å². The molecule has 1 amide bonds. The van der Waals surface area contributed by atoms with Crippen LogP contribution in [0.15, 0.2) is 54.6 Å². The molecular formula is C18H23ClN2O3. The minimum absolute atomic E-state index is 0. The highest BCUT2D eigenvalue weighted by Gasteiger charge is 2.10. The highest BCUT2D eigenvalue weighted by molar-refractivity contribution is 5.85. The van der Waals surface area contributed by atoms with Crippen molar-refractivity contribution in [3.8, 4) is 11.5 Å². The van der Waals surface area contributed by atoms with Gasteiger partial charge in [0.05, 0.1) is 13.7 Å². The number of benzene rings is 2. The fourth-order valence-electron chi connectivity index (χ4n) is 2.12. The van der Waals surface area contributed by atoms with Gasteiger partial charge in [0, 0.05) is 12.5 Å². The predicted octanol–water partition coefficient (Wildman–Crippen LogP) is 2.70. The van der Waals surface area contributed by atoms with Gasteiger partial charge in [-0.05, 0) is 29.8 Å². The molecule has 0 bridgehead atoms. The third kappa shape index (κ3) is 6.48. The number of nitrogens with two attached hydrogens (primary N) is 1. The third-order valence-electron chi connectivity index (χ3n) is 3.39. The molecule has 3 N–H and O–H groups in total. The number of hydrogen-bond acceptors (Lipinski definition) is 4. The molecule has 0 aliphatic heterocycles. The molecule has 2 aromatic rings. The Labute approximate surface area is 148 Å². The molecule has 24 heavy (non-hydrogen) atoms. The van der Waals surface area contributed by atoms with Crippen molar-refractivity contribution in [3.05, 3.63) is 60.2 Å². The molecule has 0 saturated carbocycles. The monoisotopic (exact) mass is 350 g/mol. The van der Waals surface area contributed by atoms with Crippen molar-refractivity contribution in [3.63, 3.8) is 0 Å². The van der Waals surface area contributed by atoms with E-state index in [1.54, 1.807) is 7.11 Å². The van der Waals surface area contributed by atoms with E-state index in [9.17, 15) is 4.79 Å². The summed E-state index contributed by atoms with van der Waals surface area (Å²) in [7, 11) is 1.62. The van der Waals surface area contributed by atoms with E-state index in [1.807, 2.05) is 54.6 Å². The second-order valence-corrected chi connectivity index (χ2v) is 5.10. The van der Waals surface area contributed by atoms with E-state index in [0.717, 1.165) is 17.1 Å². The molecule has 5 nitrogen and oxygen atoms in total. The number of hydrogen-bond donors (Lipinski definition) is 2. The van der Waals surface area contributed by atoms with Gasteiger partial charge >= 0.3 is 0 Å². The molecule has 0 fully saturated rings. The van der Waals surface area contributed by atoms with Crippen molar-refractivity contribution in [1.29, 1.82) is 0 Å². The lowest BCUT2D eigenvalue weighted by atomic mass is 10.0. The van der Waals surface area contributed by atoms with Crippen LogP contribution < -0.4 is 20.5 Å². The lowest BCUT2D eigenvalue weighted by molar-refractivity contribution is -0.121. The minimum atomic E-state index is -0.293. The summed E-state index contributed by atoms with van der Waals surface area (Å²) in [5, 5.41) is 2.81. The molecular weight excluding hydrogens is 328 g/mol. The molecule has 0 radical (unpaired) electrons. The molecule has 0 saturated heterocycles. The van der Waals surface area contributed by atoms with E-state index in [0.29, 0.717) is 13.2 Å². The van der Waals surface area contributed by atoms with Crippen LogP contribution in [-0.4, -0.2) is 26.2 Å². The molecule has 1 unspecified atom stereocenters. The lowest BCUT2D eigenvalue weighted by Gasteiger charge is -2.12. The summed E-state index contributed by atoms with van der Waals surface area (Å²) in [5.41, 5.74) is 6.97. The van der Waals surface area contributed by atoms with Crippen molar-refractivity contribution in [2.75, 3.05) is 20.3 Å². The topological polar surface area (TPSA) is 73.6 Å². The zero-order chi connectivity index (χ0) is 16.5. The Morgan fingerprint density at radius 2 is 1.71 bits per heavy atom. The smallest absolute Gasteiger partial charge is 0.222 e. The Morgan fingerprint density at radius 3 is 2.33 bits per heavy atom. The standard InChI is InChI=1S/C18H22N2O3.ClH/c1-22-15-7-9-16(10-8-15)23-12-11-20-18(21)13-17(19)14-5-3-2-4-6-14;/h2-10,17H,11-13,19H2,1H3,(H,20,21);1H. The quantitative estimate of drug-likeness (QED) is 0.718. The van der Waals surface area contributed by atoms with Gasteiger partial charge in [0.2, 0.25) is 5.91 Å². The van der Waals surface area contributed by atoms with Crippen LogP contribution in [0, 0.1) is 0 Å². The van der Waals surface area contributed by atoms with Crippen LogP contribution in [0.3, 0.4) is 0 Å². The second-order valence-electron chi connectivity index (χ2n) is 5.10. The number of amides is 1. The average Bonchev–Trinajstić information content (AvgIpc) is 2.60. The largest absolute Gasteiger partial charge is 0.497 e. The number of ether oxygens (including phenoxy) is 2. The maximum atomic E-state index is 11.9. The Morgan fingerprint density at radius 1 is 1.08 bits per heavy atom. The molecule has 1 atom stereocenters. The molecule has 130 valence electrons. The normalized spacial score (nSPS) is 11.1. The number of nitrogens with one attached hydrogen (secondary N) is 1. The molecule has 0 spiro atoms. The van der Waals surface area contributed by atoms with Crippen LogP contribution in [0.5, 0.6) is 11.5 Å². The molecule has 2 aromatic carbocycles. The van der Waals surface area contributed by atoms with Crippen molar-refractivity contribution >= 4 is 18.3 Å². The highest BCUT2D eigenvalue weighted by atomic mass is 35.5. The Hall–Kier alpha value is -2.24. The summed E-state index contributed by atoms with van der Waals surface area (Å²) in [5.74, 6) is 1.43. The van der Waals surface area contributed by atoms with Crippen LogP contribution >= 0.6 is 12.4 Å². The zero-order valence-corrected chi connectivity index (χ0v) is 14.4. The number of carbonyl (C=O) groups is 1. The Balaban J connectivity index is 0.00000288. The molecule has 2 rings (SSSR count). The fourth-order valence-corrected chi connectivity index (χ4v) is 2.12. The summed E-state index contributed by atoms with van der Waals surface area (Å²) >= 11 is 0. The van der Waals surface area contributed by atoms with Gasteiger partial charge in [0.15, 0.2) is 0 Å². The second kappa shape index (κ2) is 10.5. The first-order valence-corrected chi connectivity index (χ1v) is 7.53. The number of carbonyl (C=O) groups excluding carboxylic acids is 1. The predicted molar refractivity (Wildman–Crippen MR) is 96.7 cm³/mol. The fraction of sp³-hybridized carbons (Fsp3) is 0.278. The summed E-state index contributed by atoms with van der Waals surface area (Å²) < 4.78 is 10.6. The summed E-state index contributed by atoms with van der Waals surface area (Å²) in [4.78, 5) is 11.9. The molecule has 0 aromatic heterocycles. The minimum Gasteiger partial charge on any atom is -0.497 e. The van der Waals surface area contributed by atoms with Gasteiger partial charge in [-0.2, -0.15) is 0 Å². The van der Waals surface area contributed by atoms with Gasteiger partial charge in [-0.25, -0.2) is 0 Å².